The monoisotopic (exact) mass is 303 g/mol. The topological polar surface area (TPSA) is 44.4 Å². The van der Waals surface area contributed by atoms with Crippen molar-refractivity contribution in [2.75, 3.05) is 26.0 Å². The molecule has 1 fully saturated rings. The second-order valence-corrected chi connectivity index (χ2v) is 6.27. The van der Waals surface area contributed by atoms with E-state index in [2.05, 4.69) is 28.6 Å². The molecule has 0 aromatic heterocycles. The molecule has 1 aromatic rings. The maximum absolute atomic E-state index is 11.9. The number of hydrogen-bond donors (Lipinski definition) is 2. The van der Waals surface area contributed by atoms with E-state index in [-0.39, 0.29) is 5.91 Å². The lowest BCUT2D eigenvalue weighted by Gasteiger charge is -2.31. The molecule has 1 aliphatic rings. The minimum absolute atomic E-state index is 0.0714. The molecule has 2 rings (SSSR count). The third-order valence-corrected chi connectivity index (χ3v) is 4.51. The molecular weight excluding hydrogens is 274 g/mol. The lowest BCUT2D eigenvalue weighted by atomic mass is 9.94. The van der Waals surface area contributed by atoms with Crippen LogP contribution in [-0.4, -0.2) is 37.5 Å². The molecule has 0 unspecified atom stereocenters. The molecular formula is C18H29N3O. The van der Waals surface area contributed by atoms with Gasteiger partial charge in [0.1, 0.15) is 0 Å². The molecule has 0 saturated heterocycles. The largest absolute Gasteiger partial charge is 0.326 e. The predicted octanol–water partition coefficient (Wildman–Crippen LogP) is 3.00. The van der Waals surface area contributed by atoms with Crippen LogP contribution in [0.25, 0.3) is 0 Å². The number of amides is 1. The molecule has 0 spiro atoms. The van der Waals surface area contributed by atoms with E-state index in [0.29, 0.717) is 19.0 Å². The van der Waals surface area contributed by atoms with Crippen molar-refractivity contribution >= 4 is 11.6 Å². The van der Waals surface area contributed by atoms with Crippen molar-refractivity contribution in [1.29, 1.82) is 0 Å². The van der Waals surface area contributed by atoms with E-state index in [4.69, 9.17) is 0 Å². The van der Waals surface area contributed by atoms with E-state index < -0.39 is 0 Å². The average molecular weight is 303 g/mol. The summed E-state index contributed by atoms with van der Waals surface area (Å²) in [6.45, 7) is 1.60. The van der Waals surface area contributed by atoms with E-state index in [1.807, 2.05) is 25.2 Å². The second kappa shape index (κ2) is 8.91. The van der Waals surface area contributed by atoms with E-state index in [0.717, 1.165) is 12.2 Å². The Morgan fingerprint density at radius 3 is 2.68 bits per heavy atom. The van der Waals surface area contributed by atoms with Gasteiger partial charge >= 0.3 is 0 Å². The Hall–Kier alpha value is -1.39. The Bertz CT molecular complexity index is 469. The van der Waals surface area contributed by atoms with Gasteiger partial charge in [-0.2, -0.15) is 0 Å². The fourth-order valence-corrected chi connectivity index (χ4v) is 3.15. The molecule has 4 heteroatoms. The van der Waals surface area contributed by atoms with Crippen LogP contribution in [0.2, 0.25) is 0 Å². The van der Waals surface area contributed by atoms with Crippen LogP contribution in [0.3, 0.4) is 0 Å². The van der Waals surface area contributed by atoms with E-state index in [1.54, 1.807) is 0 Å². The number of rotatable bonds is 7. The molecule has 1 saturated carbocycles. The number of nitrogens with one attached hydrogen (secondary N) is 2. The number of benzene rings is 1. The first-order chi connectivity index (χ1) is 10.7. The number of hydrogen-bond acceptors (Lipinski definition) is 3. The van der Waals surface area contributed by atoms with Gasteiger partial charge in [-0.25, -0.2) is 0 Å². The first-order valence-electron chi connectivity index (χ1n) is 8.43. The van der Waals surface area contributed by atoms with Gasteiger partial charge in [0.2, 0.25) is 5.91 Å². The third kappa shape index (κ3) is 5.11. The maximum Gasteiger partial charge on any atom is 0.225 e. The standard InChI is InChI=1S/C18H29N3O/c1-19-13-12-18(22)20-17-11-7-6-8-15(17)14-21(2)16-9-4-3-5-10-16/h6-8,11,16,19H,3-5,9-10,12-14H2,1-2H3,(H,20,22). The van der Waals surface area contributed by atoms with Gasteiger partial charge in [0.15, 0.2) is 0 Å². The van der Waals surface area contributed by atoms with Crippen LogP contribution in [0.15, 0.2) is 24.3 Å². The zero-order valence-electron chi connectivity index (χ0n) is 13.9. The van der Waals surface area contributed by atoms with Gasteiger partial charge in [0.25, 0.3) is 0 Å². The number of carbonyl (C=O) groups is 1. The van der Waals surface area contributed by atoms with Gasteiger partial charge in [0, 0.05) is 31.2 Å². The zero-order valence-corrected chi connectivity index (χ0v) is 13.9. The van der Waals surface area contributed by atoms with Crippen LogP contribution in [-0.2, 0) is 11.3 Å². The van der Waals surface area contributed by atoms with E-state index in [9.17, 15) is 4.79 Å². The molecule has 1 aromatic carbocycles. The second-order valence-electron chi connectivity index (χ2n) is 6.27. The van der Waals surface area contributed by atoms with Crippen molar-refractivity contribution in [2.24, 2.45) is 0 Å². The molecule has 2 N–H and O–H groups in total. The van der Waals surface area contributed by atoms with Crippen molar-refractivity contribution in [3.8, 4) is 0 Å². The molecule has 0 heterocycles. The van der Waals surface area contributed by atoms with Gasteiger partial charge in [-0.3, -0.25) is 9.69 Å². The van der Waals surface area contributed by atoms with Crippen LogP contribution >= 0.6 is 0 Å². The summed E-state index contributed by atoms with van der Waals surface area (Å²) in [6, 6.07) is 8.83. The zero-order chi connectivity index (χ0) is 15.8. The number of anilines is 1. The fourth-order valence-electron chi connectivity index (χ4n) is 3.15. The number of nitrogens with zero attached hydrogens (tertiary/aromatic N) is 1. The van der Waals surface area contributed by atoms with E-state index >= 15 is 0 Å². The summed E-state index contributed by atoms with van der Waals surface area (Å²) in [4.78, 5) is 14.4. The Kier molecular flexibility index (Phi) is 6.87. The smallest absolute Gasteiger partial charge is 0.225 e. The quantitative estimate of drug-likeness (QED) is 0.814. The molecule has 1 aliphatic carbocycles. The minimum Gasteiger partial charge on any atom is -0.326 e. The highest BCUT2D eigenvalue weighted by Crippen LogP contribution is 2.24. The van der Waals surface area contributed by atoms with Gasteiger partial charge < -0.3 is 10.6 Å². The van der Waals surface area contributed by atoms with Gasteiger partial charge in [-0.1, -0.05) is 37.5 Å². The summed E-state index contributed by atoms with van der Waals surface area (Å²) in [6.07, 6.45) is 7.17. The lowest BCUT2D eigenvalue weighted by Crippen LogP contribution is -2.33. The highest BCUT2D eigenvalue weighted by molar-refractivity contribution is 5.91. The average Bonchev–Trinajstić information content (AvgIpc) is 2.55. The highest BCUT2D eigenvalue weighted by atomic mass is 16.1. The first kappa shape index (κ1) is 17.0. The minimum atomic E-state index is 0.0714. The molecule has 0 radical (unpaired) electrons. The van der Waals surface area contributed by atoms with Crippen molar-refractivity contribution < 1.29 is 4.79 Å². The van der Waals surface area contributed by atoms with Crippen molar-refractivity contribution in [2.45, 2.75) is 51.1 Å². The first-order valence-corrected chi connectivity index (χ1v) is 8.43. The maximum atomic E-state index is 11.9. The molecule has 0 bridgehead atoms. The molecule has 22 heavy (non-hydrogen) atoms. The normalized spacial score (nSPS) is 16.0. The Labute approximate surface area is 134 Å². The van der Waals surface area contributed by atoms with Crippen molar-refractivity contribution in [3.05, 3.63) is 29.8 Å². The number of carbonyl (C=O) groups excluding carboxylic acids is 1. The van der Waals surface area contributed by atoms with E-state index in [1.165, 1.54) is 37.7 Å². The van der Waals surface area contributed by atoms with Gasteiger partial charge in [-0.15, -0.1) is 0 Å². The summed E-state index contributed by atoms with van der Waals surface area (Å²) in [5.41, 5.74) is 2.15. The van der Waals surface area contributed by atoms with Crippen molar-refractivity contribution in [3.63, 3.8) is 0 Å². The Balaban J connectivity index is 1.96. The molecule has 0 aliphatic heterocycles. The third-order valence-electron chi connectivity index (χ3n) is 4.51. The van der Waals surface area contributed by atoms with Gasteiger partial charge in [0.05, 0.1) is 0 Å². The summed E-state index contributed by atoms with van der Waals surface area (Å²) in [7, 11) is 4.07. The molecule has 0 atom stereocenters. The summed E-state index contributed by atoms with van der Waals surface area (Å²) >= 11 is 0. The Morgan fingerprint density at radius 2 is 1.95 bits per heavy atom. The molecule has 122 valence electrons. The Morgan fingerprint density at radius 1 is 1.23 bits per heavy atom. The SMILES string of the molecule is CNCCC(=O)Nc1ccccc1CN(C)C1CCCCC1. The number of para-hydroxylation sites is 1. The van der Waals surface area contributed by atoms with Crippen LogP contribution in [0.5, 0.6) is 0 Å². The van der Waals surface area contributed by atoms with Crippen LogP contribution in [0, 0.1) is 0 Å². The van der Waals surface area contributed by atoms with Crippen LogP contribution in [0.1, 0.15) is 44.1 Å². The highest BCUT2D eigenvalue weighted by Gasteiger charge is 2.19. The van der Waals surface area contributed by atoms with Gasteiger partial charge in [-0.05, 0) is 38.6 Å². The predicted molar refractivity (Wildman–Crippen MR) is 92.0 cm³/mol. The summed E-state index contributed by atoms with van der Waals surface area (Å²) < 4.78 is 0. The van der Waals surface area contributed by atoms with Crippen LogP contribution in [0.4, 0.5) is 5.69 Å². The lowest BCUT2D eigenvalue weighted by molar-refractivity contribution is -0.116. The molecule has 1 amide bonds. The fraction of sp³-hybridized carbons (Fsp3) is 0.611. The molecule has 4 nitrogen and oxygen atoms in total. The summed E-state index contributed by atoms with van der Waals surface area (Å²) in [5, 5.41) is 6.05. The summed E-state index contributed by atoms with van der Waals surface area (Å²) in [5.74, 6) is 0.0714. The van der Waals surface area contributed by atoms with Crippen molar-refractivity contribution in [1.82, 2.24) is 10.2 Å². The van der Waals surface area contributed by atoms with Crippen LogP contribution < -0.4 is 10.6 Å².